The summed E-state index contributed by atoms with van der Waals surface area (Å²) in [5, 5.41) is 1.79. The molecule has 0 fully saturated rings. The SMILES string of the molecule is CCN1C(=O)c2cc(NS(=O)(=O)c3ccc4ccccc4c3)ccc2Oc2ccccc21. The van der Waals surface area contributed by atoms with Gasteiger partial charge in [0.05, 0.1) is 16.1 Å². The van der Waals surface area contributed by atoms with E-state index in [2.05, 4.69) is 4.72 Å². The highest BCUT2D eigenvalue weighted by Crippen LogP contribution is 2.39. The van der Waals surface area contributed by atoms with E-state index in [0.29, 0.717) is 29.3 Å². The lowest BCUT2D eigenvalue weighted by Gasteiger charge is -2.20. The number of hydrogen-bond acceptors (Lipinski definition) is 4. The van der Waals surface area contributed by atoms with Gasteiger partial charge in [0.15, 0.2) is 5.75 Å². The molecule has 6 nitrogen and oxygen atoms in total. The molecule has 0 aliphatic carbocycles. The molecule has 4 aromatic carbocycles. The maximum atomic E-state index is 13.2. The number of ether oxygens (including phenoxy) is 1. The fourth-order valence-corrected chi connectivity index (χ4v) is 4.94. The van der Waals surface area contributed by atoms with Gasteiger partial charge in [-0.1, -0.05) is 42.5 Å². The molecule has 160 valence electrons. The van der Waals surface area contributed by atoms with Crippen LogP contribution in [0.5, 0.6) is 11.5 Å². The lowest BCUT2D eigenvalue weighted by molar-refractivity contribution is 0.0988. The third kappa shape index (κ3) is 3.46. The molecule has 0 atom stereocenters. The van der Waals surface area contributed by atoms with Crippen LogP contribution >= 0.6 is 0 Å². The van der Waals surface area contributed by atoms with Crippen molar-refractivity contribution in [2.75, 3.05) is 16.2 Å². The summed E-state index contributed by atoms with van der Waals surface area (Å²) in [5.74, 6) is 0.706. The second-order valence-electron chi connectivity index (χ2n) is 7.44. The van der Waals surface area contributed by atoms with E-state index in [1.165, 1.54) is 6.07 Å². The van der Waals surface area contributed by atoms with Crippen LogP contribution in [0.4, 0.5) is 11.4 Å². The topological polar surface area (TPSA) is 75.7 Å². The van der Waals surface area contributed by atoms with Crippen LogP contribution in [0, 0.1) is 0 Å². The second kappa shape index (κ2) is 7.69. The Morgan fingerprint density at radius 2 is 1.59 bits per heavy atom. The summed E-state index contributed by atoms with van der Waals surface area (Å²) in [6.07, 6.45) is 0. The van der Waals surface area contributed by atoms with Gasteiger partial charge in [-0.2, -0.15) is 0 Å². The maximum Gasteiger partial charge on any atom is 0.262 e. The fourth-order valence-electron chi connectivity index (χ4n) is 3.85. The zero-order valence-electron chi connectivity index (χ0n) is 17.3. The molecule has 1 amide bonds. The van der Waals surface area contributed by atoms with Crippen LogP contribution < -0.4 is 14.4 Å². The van der Waals surface area contributed by atoms with Gasteiger partial charge in [0.25, 0.3) is 15.9 Å². The van der Waals surface area contributed by atoms with Gasteiger partial charge in [0.2, 0.25) is 0 Å². The molecule has 7 heteroatoms. The van der Waals surface area contributed by atoms with Gasteiger partial charge in [-0.15, -0.1) is 0 Å². The average Bonchev–Trinajstić information content (AvgIpc) is 2.92. The lowest BCUT2D eigenvalue weighted by atomic mass is 10.1. The molecule has 1 N–H and O–H groups in total. The molecular weight excluding hydrogens is 424 g/mol. The van der Waals surface area contributed by atoms with Crippen LogP contribution in [-0.2, 0) is 10.0 Å². The molecule has 1 heterocycles. The standard InChI is InChI=1S/C25H20N2O4S/c1-2-27-22-9-5-6-10-24(22)31-23-14-12-19(16-21(23)25(27)28)26-32(29,30)20-13-11-17-7-3-4-8-18(17)15-20/h3-16,26H,2H2,1H3. The van der Waals surface area contributed by atoms with E-state index in [4.69, 9.17) is 4.74 Å². The number of hydrogen-bond donors (Lipinski definition) is 1. The van der Waals surface area contributed by atoms with Crippen LogP contribution in [0.1, 0.15) is 17.3 Å². The Hall–Kier alpha value is -3.84. The predicted molar refractivity (Wildman–Crippen MR) is 125 cm³/mol. The van der Waals surface area contributed by atoms with Gasteiger partial charge in [0.1, 0.15) is 5.75 Å². The van der Waals surface area contributed by atoms with Gasteiger partial charge in [0, 0.05) is 12.2 Å². The summed E-state index contributed by atoms with van der Waals surface area (Å²) in [4.78, 5) is 15.0. The number of nitrogens with zero attached hydrogens (tertiary/aromatic N) is 1. The Bertz CT molecular complexity index is 1460. The number of benzene rings is 4. The number of sulfonamides is 1. The van der Waals surface area contributed by atoms with Crippen molar-refractivity contribution in [3.05, 3.63) is 90.5 Å². The van der Waals surface area contributed by atoms with Crippen molar-refractivity contribution in [1.29, 1.82) is 0 Å². The first-order valence-electron chi connectivity index (χ1n) is 10.2. The van der Waals surface area contributed by atoms with E-state index in [9.17, 15) is 13.2 Å². The van der Waals surface area contributed by atoms with E-state index in [0.717, 1.165) is 10.8 Å². The largest absolute Gasteiger partial charge is 0.454 e. The summed E-state index contributed by atoms with van der Waals surface area (Å²) in [6, 6.07) is 24.6. The Morgan fingerprint density at radius 1 is 0.844 bits per heavy atom. The Balaban J connectivity index is 1.51. The normalized spacial score (nSPS) is 13.2. The maximum absolute atomic E-state index is 13.2. The molecule has 0 unspecified atom stereocenters. The monoisotopic (exact) mass is 444 g/mol. The van der Waals surface area contributed by atoms with E-state index in [-0.39, 0.29) is 16.5 Å². The molecule has 0 saturated carbocycles. The second-order valence-corrected chi connectivity index (χ2v) is 9.13. The van der Waals surface area contributed by atoms with Gasteiger partial charge in [-0.3, -0.25) is 9.52 Å². The summed E-state index contributed by atoms with van der Waals surface area (Å²) >= 11 is 0. The molecule has 1 aliphatic heterocycles. The summed E-state index contributed by atoms with van der Waals surface area (Å²) in [6.45, 7) is 2.33. The number of nitrogens with one attached hydrogen (secondary N) is 1. The van der Waals surface area contributed by atoms with Crippen LogP contribution in [-0.4, -0.2) is 20.9 Å². The lowest BCUT2D eigenvalue weighted by Crippen LogP contribution is -2.29. The Labute approximate surface area is 186 Å². The van der Waals surface area contributed by atoms with Crippen molar-refractivity contribution in [3.8, 4) is 11.5 Å². The zero-order chi connectivity index (χ0) is 22.3. The van der Waals surface area contributed by atoms with Gasteiger partial charge in [-0.05, 0) is 60.2 Å². The quantitative estimate of drug-likeness (QED) is 0.456. The van der Waals surface area contributed by atoms with Crippen molar-refractivity contribution in [1.82, 2.24) is 0 Å². The van der Waals surface area contributed by atoms with Crippen LogP contribution in [0.3, 0.4) is 0 Å². The Kier molecular flexibility index (Phi) is 4.83. The molecular formula is C25H20N2O4S. The summed E-state index contributed by atoms with van der Waals surface area (Å²) in [7, 11) is -3.85. The third-order valence-corrected chi connectivity index (χ3v) is 6.81. The minimum Gasteiger partial charge on any atom is -0.454 e. The first-order chi connectivity index (χ1) is 15.5. The number of amides is 1. The highest BCUT2D eigenvalue weighted by atomic mass is 32.2. The van der Waals surface area contributed by atoms with Crippen molar-refractivity contribution in [3.63, 3.8) is 0 Å². The number of carbonyl (C=O) groups excluding carboxylic acids is 1. The molecule has 4 aromatic rings. The first-order valence-corrected chi connectivity index (χ1v) is 11.7. The average molecular weight is 445 g/mol. The highest BCUT2D eigenvalue weighted by Gasteiger charge is 2.28. The molecule has 0 saturated heterocycles. The summed E-state index contributed by atoms with van der Waals surface area (Å²) < 4.78 is 34.6. The van der Waals surface area contributed by atoms with Gasteiger partial charge >= 0.3 is 0 Å². The van der Waals surface area contributed by atoms with E-state index in [1.807, 2.05) is 49.4 Å². The molecule has 0 spiro atoms. The van der Waals surface area contributed by atoms with Gasteiger partial charge < -0.3 is 9.64 Å². The third-order valence-electron chi connectivity index (χ3n) is 5.43. The van der Waals surface area contributed by atoms with E-state index >= 15 is 0 Å². The minimum absolute atomic E-state index is 0.149. The number of rotatable bonds is 4. The zero-order valence-corrected chi connectivity index (χ0v) is 18.1. The predicted octanol–water partition coefficient (Wildman–Crippen LogP) is 5.41. The number of para-hydroxylation sites is 2. The number of carbonyl (C=O) groups is 1. The van der Waals surface area contributed by atoms with Crippen molar-refractivity contribution in [2.24, 2.45) is 0 Å². The van der Waals surface area contributed by atoms with Crippen molar-refractivity contribution in [2.45, 2.75) is 11.8 Å². The molecule has 0 radical (unpaired) electrons. The number of anilines is 2. The van der Waals surface area contributed by atoms with Crippen molar-refractivity contribution < 1.29 is 17.9 Å². The highest BCUT2D eigenvalue weighted by molar-refractivity contribution is 7.92. The van der Waals surface area contributed by atoms with Crippen LogP contribution in [0.25, 0.3) is 10.8 Å². The molecule has 5 rings (SSSR count). The van der Waals surface area contributed by atoms with Crippen LogP contribution in [0.15, 0.2) is 89.8 Å². The van der Waals surface area contributed by atoms with Gasteiger partial charge in [-0.25, -0.2) is 8.42 Å². The summed E-state index contributed by atoms with van der Waals surface area (Å²) in [5.41, 5.74) is 1.26. The molecule has 0 bridgehead atoms. The molecule has 0 aromatic heterocycles. The van der Waals surface area contributed by atoms with Crippen molar-refractivity contribution >= 4 is 38.1 Å². The first kappa shape index (κ1) is 20.1. The molecule has 1 aliphatic rings. The van der Waals surface area contributed by atoms with E-state index in [1.54, 1.807) is 41.3 Å². The van der Waals surface area contributed by atoms with Crippen LogP contribution in [0.2, 0.25) is 0 Å². The minimum atomic E-state index is -3.85. The smallest absolute Gasteiger partial charge is 0.262 e. The molecule has 32 heavy (non-hydrogen) atoms. The Morgan fingerprint density at radius 3 is 2.41 bits per heavy atom. The van der Waals surface area contributed by atoms with E-state index < -0.39 is 10.0 Å². The number of fused-ring (bicyclic) bond motifs is 3. The fraction of sp³-hybridized carbons (Fsp3) is 0.0800.